The summed E-state index contributed by atoms with van der Waals surface area (Å²) in [5.41, 5.74) is 1.84. The van der Waals surface area contributed by atoms with Gasteiger partial charge in [-0.25, -0.2) is 0 Å². The zero-order chi connectivity index (χ0) is 12.4. The van der Waals surface area contributed by atoms with Crippen molar-refractivity contribution in [3.8, 4) is 0 Å². The van der Waals surface area contributed by atoms with Gasteiger partial charge in [-0.2, -0.15) is 0 Å². The largest absolute Gasteiger partial charge is 0.388 e. The molecule has 1 aliphatic rings. The zero-order valence-electron chi connectivity index (χ0n) is 10.2. The molecular weight excluding hydrogens is 226 g/mol. The standard InChI is InChI=1S/C15H17NO2/c17-15(9-13-5-3-7-18-13)12-8-11-4-1-2-6-14(11)16-10-12/h1-2,4,6,8,10,13,15,17H,3,5,7,9H2. The van der Waals surface area contributed by atoms with Crippen molar-refractivity contribution in [1.29, 1.82) is 0 Å². The fraction of sp³-hybridized carbons (Fsp3) is 0.400. The van der Waals surface area contributed by atoms with E-state index in [0.29, 0.717) is 6.42 Å². The maximum atomic E-state index is 10.2. The second-order valence-electron chi connectivity index (χ2n) is 4.85. The fourth-order valence-corrected chi connectivity index (χ4v) is 2.49. The number of ether oxygens (including phenoxy) is 1. The molecule has 0 amide bonds. The first-order valence-corrected chi connectivity index (χ1v) is 6.47. The summed E-state index contributed by atoms with van der Waals surface area (Å²) in [6.45, 7) is 0.827. The van der Waals surface area contributed by atoms with Crippen LogP contribution in [0, 0.1) is 0 Å². The number of benzene rings is 1. The van der Waals surface area contributed by atoms with Crippen LogP contribution in [0.2, 0.25) is 0 Å². The zero-order valence-corrected chi connectivity index (χ0v) is 10.2. The van der Waals surface area contributed by atoms with Gasteiger partial charge in [0.05, 0.1) is 17.7 Å². The lowest BCUT2D eigenvalue weighted by atomic mass is 10.0. The van der Waals surface area contributed by atoms with E-state index in [-0.39, 0.29) is 6.10 Å². The monoisotopic (exact) mass is 243 g/mol. The van der Waals surface area contributed by atoms with Crippen molar-refractivity contribution >= 4 is 10.9 Å². The molecule has 0 bridgehead atoms. The number of aromatic nitrogens is 1. The van der Waals surface area contributed by atoms with E-state index in [9.17, 15) is 5.11 Å². The number of para-hydroxylation sites is 1. The summed E-state index contributed by atoms with van der Waals surface area (Å²) in [7, 11) is 0. The molecule has 2 aromatic rings. The van der Waals surface area contributed by atoms with Crippen LogP contribution < -0.4 is 0 Å². The molecule has 2 heterocycles. The van der Waals surface area contributed by atoms with Crippen molar-refractivity contribution < 1.29 is 9.84 Å². The number of fused-ring (bicyclic) bond motifs is 1. The lowest BCUT2D eigenvalue weighted by molar-refractivity contribution is 0.0534. The average Bonchev–Trinajstić information content (AvgIpc) is 2.91. The molecule has 1 aromatic heterocycles. The van der Waals surface area contributed by atoms with Gasteiger partial charge in [-0.1, -0.05) is 18.2 Å². The van der Waals surface area contributed by atoms with Crippen molar-refractivity contribution in [3.63, 3.8) is 0 Å². The number of hydrogen-bond acceptors (Lipinski definition) is 3. The molecule has 0 radical (unpaired) electrons. The Labute approximate surface area is 106 Å². The van der Waals surface area contributed by atoms with Crippen molar-refractivity contribution in [2.45, 2.75) is 31.5 Å². The summed E-state index contributed by atoms with van der Waals surface area (Å²) in [5.74, 6) is 0. The lowest BCUT2D eigenvalue weighted by Crippen LogP contribution is -2.11. The van der Waals surface area contributed by atoms with Crippen LogP contribution in [0.3, 0.4) is 0 Å². The number of aliphatic hydroxyl groups excluding tert-OH is 1. The highest BCUT2D eigenvalue weighted by atomic mass is 16.5. The van der Waals surface area contributed by atoms with E-state index < -0.39 is 6.10 Å². The maximum absolute atomic E-state index is 10.2. The van der Waals surface area contributed by atoms with Crippen molar-refractivity contribution in [2.24, 2.45) is 0 Å². The third-order valence-corrected chi connectivity index (χ3v) is 3.51. The number of rotatable bonds is 3. The Bertz CT molecular complexity index is 535. The van der Waals surface area contributed by atoms with Crippen molar-refractivity contribution in [1.82, 2.24) is 4.98 Å². The van der Waals surface area contributed by atoms with Crippen LogP contribution in [-0.4, -0.2) is 22.8 Å². The number of pyridine rings is 1. The Morgan fingerprint density at radius 1 is 1.39 bits per heavy atom. The molecule has 3 nitrogen and oxygen atoms in total. The van der Waals surface area contributed by atoms with Gasteiger partial charge in [-0.05, 0) is 30.5 Å². The molecule has 1 saturated heterocycles. The summed E-state index contributed by atoms with van der Waals surface area (Å²) in [6.07, 6.45) is 4.31. The minimum Gasteiger partial charge on any atom is -0.388 e. The number of aliphatic hydroxyl groups is 1. The second kappa shape index (κ2) is 5.04. The van der Waals surface area contributed by atoms with Gasteiger partial charge >= 0.3 is 0 Å². The number of nitrogens with zero attached hydrogens (tertiary/aromatic N) is 1. The van der Waals surface area contributed by atoms with Gasteiger partial charge < -0.3 is 9.84 Å². The molecule has 3 rings (SSSR count). The third kappa shape index (κ3) is 2.37. The van der Waals surface area contributed by atoms with Gasteiger partial charge in [-0.3, -0.25) is 4.98 Å². The van der Waals surface area contributed by atoms with Crippen molar-refractivity contribution in [3.05, 3.63) is 42.1 Å². The molecule has 94 valence electrons. The Kier molecular flexibility index (Phi) is 3.26. The van der Waals surface area contributed by atoms with Gasteiger partial charge in [0.1, 0.15) is 0 Å². The Hall–Kier alpha value is -1.45. The van der Waals surface area contributed by atoms with Crippen LogP contribution in [0.1, 0.15) is 30.9 Å². The van der Waals surface area contributed by atoms with Gasteiger partial charge in [0.2, 0.25) is 0 Å². The molecular formula is C15H17NO2. The summed E-state index contributed by atoms with van der Waals surface area (Å²) < 4.78 is 5.55. The molecule has 1 N–H and O–H groups in total. The van der Waals surface area contributed by atoms with Gasteiger partial charge in [0.25, 0.3) is 0 Å². The predicted molar refractivity (Wildman–Crippen MR) is 70.3 cm³/mol. The quantitative estimate of drug-likeness (QED) is 0.901. The Morgan fingerprint density at radius 3 is 3.11 bits per heavy atom. The highest BCUT2D eigenvalue weighted by Gasteiger charge is 2.20. The summed E-state index contributed by atoms with van der Waals surface area (Å²) >= 11 is 0. The summed E-state index contributed by atoms with van der Waals surface area (Å²) in [6, 6.07) is 9.97. The van der Waals surface area contributed by atoms with Crippen LogP contribution in [0.4, 0.5) is 0 Å². The molecule has 1 aliphatic heterocycles. The molecule has 18 heavy (non-hydrogen) atoms. The first-order valence-electron chi connectivity index (χ1n) is 6.47. The summed E-state index contributed by atoms with van der Waals surface area (Å²) in [4.78, 5) is 4.38. The van der Waals surface area contributed by atoms with E-state index in [4.69, 9.17) is 4.74 Å². The average molecular weight is 243 g/mol. The molecule has 1 aromatic carbocycles. The van der Waals surface area contributed by atoms with Crippen LogP contribution >= 0.6 is 0 Å². The molecule has 0 saturated carbocycles. The fourth-order valence-electron chi connectivity index (χ4n) is 2.49. The minimum absolute atomic E-state index is 0.200. The van der Waals surface area contributed by atoms with Crippen molar-refractivity contribution in [2.75, 3.05) is 6.61 Å². The maximum Gasteiger partial charge on any atom is 0.0829 e. The van der Waals surface area contributed by atoms with Gasteiger partial charge in [0, 0.05) is 24.6 Å². The molecule has 2 unspecified atom stereocenters. The molecule has 2 atom stereocenters. The van der Waals surface area contributed by atoms with E-state index in [1.807, 2.05) is 30.3 Å². The van der Waals surface area contributed by atoms with E-state index in [1.54, 1.807) is 6.20 Å². The number of hydrogen-bond donors (Lipinski definition) is 1. The highest BCUT2D eigenvalue weighted by Crippen LogP contribution is 2.26. The van der Waals surface area contributed by atoms with E-state index in [0.717, 1.165) is 35.9 Å². The van der Waals surface area contributed by atoms with Gasteiger partial charge in [0.15, 0.2) is 0 Å². The van der Waals surface area contributed by atoms with Crippen LogP contribution in [0.25, 0.3) is 10.9 Å². The second-order valence-corrected chi connectivity index (χ2v) is 4.85. The first kappa shape index (κ1) is 11.6. The van der Waals surface area contributed by atoms with E-state index >= 15 is 0 Å². The minimum atomic E-state index is -0.481. The van der Waals surface area contributed by atoms with Crippen LogP contribution in [-0.2, 0) is 4.74 Å². The van der Waals surface area contributed by atoms with Gasteiger partial charge in [-0.15, -0.1) is 0 Å². The summed E-state index contributed by atoms with van der Waals surface area (Å²) in [5, 5.41) is 11.3. The topological polar surface area (TPSA) is 42.4 Å². The van der Waals surface area contributed by atoms with E-state index in [1.165, 1.54) is 0 Å². The molecule has 3 heteroatoms. The first-order chi connectivity index (χ1) is 8.83. The molecule has 1 fully saturated rings. The molecule has 0 aliphatic carbocycles. The molecule has 0 spiro atoms. The predicted octanol–water partition coefficient (Wildman–Crippen LogP) is 2.84. The van der Waals surface area contributed by atoms with Crippen LogP contribution in [0.5, 0.6) is 0 Å². The lowest BCUT2D eigenvalue weighted by Gasteiger charge is -2.15. The smallest absolute Gasteiger partial charge is 0.0829 e. The third-order valence-electron chi connectivity index (χ3n) is 3.51. The normalized spacial score (nSPS) is 21.3. The van der Waals surface area contributed by atoms with E-state index in [2.05, 4.69) is 4.98 Å². The highest BCUT2D eigenvalue weighted by molar-refractivity contribution is 5.78. The SMILES string of the molecule is OC(CC1CCCO1)c1cnc2ccccc2c1. The Balaban J connectivity index is 1.80. The van der Waals surface area contributed by atoms with Crippen LogP contribution in [0.15, 0.2) is 36.5 Å². The Morgan fingerprint density at radius 2 is 2.28 bits per heavy atom.